The van der Waals surface area contributed by atoms with Crippen LogP contribution in [0.5, 0.6) is 11.5 Å². The molecule has 12 nitrogen and oxygen atoms in total. The van der Waals surface area contributed by atoms with E-state index in [1.54, 1.807) is 25.0 Å². The van der Waals surface area contributed by atoms with Crippen LogP contribution in [0.15, 0.2) is 18.2 Å². The highest BCUT2D eigenvalue weighted by Gasteiger charge is 2.34. The highest BCUT2D eigenvalue weighted by Crippen LogP contribution is 2.42. The fourth-order valence-corrected chi connectivity index (χ4v) is 5.64. The van der Waals surface area contributed by atoms with Crippen LogP contribution < -0.4 is 19.7 Å². The lowest BCUT2D eigenvalue weighted by atomic mass is 9.84. The van der Waals surface area contributed by atoms with E-state index in [9.17, 15) is 19.5 Å². The van der Waals surface area contributed by atoms with Gasteiger partial charge in [0, 0.05) is 43.4 Å². The zero-order chi connectivity index (χ0) is 32.3. The molecule has 238 valence electrons. The molecule has 44 heavy (non-hydrogen) atoms. The van der Waals surface area contributed by atoms with Crippen molar-refractivity contribution in [1.29, 1.82) is 5.41 Å². The van der Waals surface area contributed by atoms with Gasteiger partial charge in [0.05, 0.1) is 32.1 Å². The number of carbonyl (C=O) groups is 3. The van der Waals surface area contributed by atoms with Crippen molar-refractivity contribution in [2.24, 2.45) is 0 Å². The number of carbonyl (C=O) groups excluding carboxylic acids is 2. The molecule has 3 heterocycles. The third-order valence-electron chi connectivity index (χ3n) is 7.94. The third kappa shape index (κ3) is 6.64. The summed E-state index contributed by atoms with van der Waals surface area (Å²) in [5, 5.41) is 20.8. The maximum absolute atomic E-state index is 13.9. The summed E-state index contributed by atoms with van der Waals surface area (Å²) in [6.45, 7) is 11.4. The monoisotopic (exact) mass is 609 g/mol. The van der Waals surface area contributed by atoms with Gasteiger partial charge in [0.1, 0.15) is 17.3 Å². The first-order chi connectivity index (χ1) is 20.8. The Balaban J connectivity index is 1.62. The number of nitrogens with one attached hydrogen (secondary N) is 2. The highest BCUT2D eigenvalue weighted by atomic mass is 16.5. The van der Waals surface area contributed by atoms with Crippen LogP contribution in [0.1, 0.15) is 85.1 Å². The van der Waals surface area contributed by atoms with Crippen LogP contribution in [0.2, 0.25) is 0 Å². The van der Waals surface area contributed by atoms with Crippen molar-refractivity contribution in [2.45, 2.75) is 71.6 Å². The molecule has 1 fully saturated rings. The number of fused-ring (bicyclic) bond motifs is 1. The molecule has 2 aliphatic heterocycles. The second kappa shape index (κ2) is 13.2. The summed E-state index contributed by atoms with van der Waals surface area (Å²) in [5.74, 6) is -0.512. The Kier molecular flexibility index (Phi) is 9.82. The number of amidine groups is 1. The number of aromatic nitrogens is 1. The van der Waals surface area contributed by atoms with Crippen LogP contribution in [0.4, 0.5) is 5.69 Å². The van der Waals surface area contributed by atoms with Gasteiger partial charge in [-0.2, -0.15) is 0 Å². The van der Waals surface area contributed by atoms with Crippen LogP contribution >= 0.6 is 0 Å². The summed E-state index contributed by atoms with van der Waals surface area (Å²) >= 11 is 0. The summed E-state index contributed by atoms with van der Waals surface area (Å²) in [7, 11) is 3.11. The average molecular weight is 610 g/mol. The first-order valence-corrected chi connectivity index (χ1v) is 14.9. The lowest BCUT2D eigenvalue weighted by Crippen LogP contribution is -2.32. The van der Waals surface area contributed by atoms with E-state index in [-0.39, 0.29) is 41.9 Å². The fourth-order valence-electron chi connectivity index (χ4n) is 5.64. The molecule has 4 rings (SSSR count). The van der Waals surface area contributed by atoms with Gasteiger partial charge in [-0.3, -0.25) is 15.0 Å². The van der Waals surface area contributed by atoms with Crippen LogP contribution in [-0.2, 0) is 21.5 Å². The van der Waals surface area contributed by atoms with Crippen molar-refractivity contribution in [1.82, 2.24) is 15.2 Å². The number of Topliss-reactive ketones (excluding diaryl/α,β-unsaturated/α-hetero) is 1. The Bertz CT molecular complexity index is 1450. The molecule has 0 aliphatic carbocycles. The number of ether oxygens (including phenoxy) is 3. The number of pyridine rings is 1. The van der Waals surface area contributed by atoms with Gasteiger partial charge in [0.15, 0.2) is 23.3 Å². The Hall–Kier alpha value is -4.19. The van der Waals surface area contributed by atoms with Gasteiger partial charge in [-0.1, -0.05) is 27.7 Å². The Morgan fingerprint density at radius 1 is 1.20 bits per heavy atom. The standard InChI is InChI=1S/C32H43N5O7/c1-8-24(31(40)41)44-20-10-11-36(16-20)22-13-18(12-21(28(22)42-7)32(3,4)5)23(38)17-37-15-19-14-25(43-9-2)27(30(39)34-6)35-26(19)29(37)33/h12-14,20,24,33H,8-11,15-17H2,1-7H3,(H,34,39)(H,40,41). The summed E-state index contributed by atoms with van der Waals surface area (Å²) in [4.78, 5) is 46.0. The fraction of sp³-hybridized carbons (Fsp3) is 0.531. The number of hydrogen-bond acceptors (Lipinski definition) is 9. The van der Waals surface area contributed by atoms with Gasteiger partial charge in [-0.25, -0.2) is 9.78 Å². The molecule has 12 heteroatoms. The number of benzene rings is 1. The second-order valence-electron chi connectivity index (χ2n) is 12.0. The van der Waals surface area contributed by atoms with Gasteiger partial charge in [-0.15, -0.1) is 0 Å². The Morgan fingerprint density at radius 2 is 1.93 bits per heavy atom. The minimum atomic E-state index is -0.977. The Labute approximate surface area is 258 Å². The number of rotatable bonds is 12. The number of methoxy groups -OCH3 is 1. The van der Waals surface area contributed by atoms with Crippen LogP contribution in [0.3, 0.4) is 0 Å². The predicted octanol–water partition coefficient (Wildman–Crippen LogP) is 3.63. The van der Waals surface area contributed by atoms with Crippen LogP contribution in [-0.4, -0.2) is 91.1 Å². The molecule has 0 saturated carbocycles. The molecule has 2 atom stereocenters. The number of anilines is 1. The SMILES string of the molecule is CCOc1cc2c(nc1C(=O)NC)C(=N)N(CC(=O)c1cc(N3CCC(OC(CC)C(=O)O)C3)c(OC)c(C(C)(C)C)c1)C2. The number of ketones is 1. The Morgan fingerprint density at radius 3 is 2.52 bits per heavy atom. The summed E-state index contributed by atoms with van der Waals surface area (Å²) in [6, 6.07) is 5.39. The van der Waals surface area contributed by atoms with Crippen molar-refractivity contribution in [3.63, 3.8) is 0 Å². The quantitative estimate of drug-likeness (QED) is 0.304. The van der Waals surface area contributed by atoms with E-state index < -0.39 is 18.0 Å². The molecule has 1 amide bonds. The van der Waals surface area contributed by atoms with Gasteiger partial charge in [-0.05, 0) is 43.4 Å². The van der Waals surface area contributed by atoms with Crippen molar-refractivity contribution in [2.75, 3.05) is 45.3 Å². The van der Waals surface area contributed by atoms with Crippen molar-refractivity contribution in [3.05, 3.63) is 46.3 Å². The minimum absolute atomic E-state index is 0.0631. The predicted molar refractivity (Wildman–Crippen MR) is 165 cm³/mol. The molecule has 3 N–H and O–H groups in total. The molecule has 0 radical (unpaired) electrons. The van der Waals surface area contributed by atoms with Crippen LogP contribution in [0, 0.1) is 5.41 Å². The maximum Gasteiger partial charge on any atom is 0.332 e. The summed E-state index contributed by atoms with van der Waals surface area (Å²) in [6.07, 6.45) is -0.117. The van der Waals surface area contributed by atoms with E-state index >= 15 is 0 Å². The number of carboxylic acids is 1. The molecule has 1 aromatic carbocycles. The lowest BCUT2D eigenvalue weighted by Gasteiger charge is -2.29. The second-order valence-corrected chi connectivity index (χ2v) is 12.0. The lowest BCUT2D eigenvalue weighted by molar-refractivity contribution is -0.153. The van der Waals surface area contributed by atoms with E-state index in [0.717, 1.165) is 11.3 Å². The van der Waals surface area contributed by atoms with E-state index in [2.05, 4.69) is 36.0 Å². The van der Waals surface area contributed by atoms with Gasteiger partial charge in [0.2, 0.25) is 0 Å². The zero-order valence-corrected chi connectivity index (χ0v) is 26.6. The number of aliphatic carboxylic acids is 1. The van der Waals surface area contributed by atoms with Crippen molar-refractivity contribution >= 4 is 29.2 Å². The summed E-state index contributed by atoms with van der Waals surface area (Å²) in [5.41, 5.74) is 2.89. The number of carboxylic acid groups (broad SMARTS) is 1. The summed E-state index contributed by atoms with van der Waals surface area (Å²) < 4.78 is 17.4. The molecule has 1 aromatic heterocycles. The molecular formula is C32H43N5O7. The van der Waals surface area contributed by atoms with Crippen molar-refractivity contribution < 1.29 is 33.7 Å². The molecule has 1 saturated heterocycles. The van der Waals surface area contributed by atoms with Gasteiger partial charge < -0.3 is 34.4 Å². The average Bonchev–Trinajstić information content (AvgIpc) is 3.57. The molecule has 0 bridgehead atoms. The number of nitrogens with zero attached hydrogens (tertiary/aromatic N) is 3. The molecular weight excluding hydrogens is 566 g/mol. The van der Waals surface area contributed by atoms with Crippen molar-refractivity contribution in [3.8, 4) is 11.5 Å². The van der Waals surface area contributed by atoms with Gasteiger partial charge >= 0.3 is 5.97 Å². The third-order valence-corrected chi connectivity index (χ3v) is 7.94. The first kappa shape index (κ1) is 32.7. The maximum atomic E-state index is 13.9. The topological polar surface area (TPSA) is 154 Å². The first-order valence-electron chi connectivity index (χ1n) is 14.9. The molecule has 2 aromatic rings. The highest BCUT2D eigenvalue weighted by molar-refractivity contribution is 6.06. The zero-order valence-electron chi connectivity index (χ0n) is 26.6. The molecule has 2 aliphatic rings. The minimum Gasteiger partial charge on any atom is -0.494 e. The largest absolute Gasteiger partial charge is 0.494 e. The smallest absolute Gasteiger partial charge is 0.332 e. The normalized spacial score (nSPS) is 17.0. The van der Waals surface area contributed by atoms with E-state index in [1.807, 2.05) is 19.1 Å². The van der Waals surface area contributed by atoms with E-state index in [4.69, 9.17) is 19.6 Å². The van der Waals surface area contributed by atoms with Gasteiger partial charge in [0.25, 0.3) is 5.91 Å². The number of amides is 1. The van der Waals surface area contributed by atoms with Crippen LogP contribution in [0.25, 0.3) is 0 Å². The number of hydrogen-bond donors (Lipinski definition) is 3. The van der Waals surface area contributed by atoms with E-state index in [0.29, 0.717) is 60.9 Å². The molecule has 2 unspecified atom stereocenters. The molecule has 0 spiro atoms. The van der Waals surface area contributed by atoms with E-state index in [1.165, 1.54) is 7.05 Å².